The van der Waals surface area contributed by atoms with Gasteiger partial charge in [-0.2, -0.15) is 5.10 Å². The van der Waals surface area contributed by atoms with Crippen molar-refractivity contribution in [3.63, 3.8) is 0 Å². The van der Waals surface area contributed by atoms with E-state index in [1.165, 1.54) is 5.56 Å². The molecule has 2 heterocycles. The first-order chi connectivity index (χ1) is 10.8. The van der Waals surface area contributed by atoms with Crippen molar-refractivity contribution in [3.8, 4) is 0 Å². The van der Waals surface area contributed by atoms with Crippen LogP contribution in [-0.4, -0.2) is 22.2 Å². The van der Waals surface area contributed by atoms with Gasteiger partial charge in [-0.25, -0.2) is 0 Å². The monoisotopic (exact) mass is 295 g/mol. The number of aromatic nitrogens is 2. The molecule has 1 N–H and O–H groups in total. The van der Waals surface area contributed by atoms with Crippen molar-refractivity contribution in [3.05, 3.63) is 78.0 Å². The van der Waals surface area contributed by atoms with E-state index in [0.717, 1.165) is 6.42 Å². The first-order valence-corrected chi connectivity index (χ1v) is 7.19. The Kier molecular flexibility index (Phi) is 4.34. The van der Waals surface area contributed by atoms with Crippen LogP contribution in [0, 0.1) is 0 Å². The molecular formula is C17H17N3O2. The van der Waals surface area contributed by atoms with E-state index in [-0.39, 0.29) is 5.91 Å². The number of carbonyl (C=O) groups is 1. The van der Waals surface area contributed by atoms with Crippen LogP contribution in [0.4, 0.5) is 0 Å². The molecule has 0 aliphatic carbocycles. The highest BCUT2D eigenvalue weighted by atomic mass is 16.4. The van der Waals surface area contributed by atoms with E-state index in [4.69, 9.17) is 4.42 Å². The number of carbonyl (C=O) groups excluding carboxylic acids is 1. The Balaban J connectivity index is 1.51. The van der Waals surface area contributed by atoms with Gasteiger partial charge >= 0.3 is 0 Å². The van der Waals surface area contributed by atoms with Crippen LogP contribution in [0.15, 0.2) is 65.3 Å². The Bertz CT molecular complexity index is 717. The van der Waals surface area contributed by atoms with Crippen LogP contribution in [0.25, 0.3) is 0 Å². The van der Waals surface area contributed by atoms with E-state index in [1.807, 2.05) is 42.6 Å². The minimum Gasteiger partial charge on any atom is -0.454 e. The van der Waals surface area contributed by atoms with Gasteiger partial charge in [0.15, 0.2) is 5.76 Å². The molecule has 0 saturated heterocycles. The molecule has 5 heteroatoms. The largest absolute Gasteiger partial charge is 0.454 e. The number of hydrogen-bond acceptors (Lipinski definition) is 3. The van der Waals surface area contributed by atoms with Gasteiger partial charge in [0.2, 0.25) is 0 Å². The lowest BCUT2D eigenvalue weighted by Gasteiger charge is -2.03. The maximum absolute atomic E-state index is 12.0. The second kappa shape index (κ2) is 6.76. The maximum Gasteiger partial charge on any atom is 0.287 e. The highest BCUT2D eigenvalue weighted by Gasteiger charge is 2.11. The van der Waals surface area contributed by atoms with Gasteiger partial charge < -0.3 is 9.73 Å². The van der Waals surface area contributed by atoms with Gasteiger partial charge in [-0.1, -0.05) is 30.3 Å². The van der Waals surface area contributed by atoms with Crippen molar-refractivity contribution < 1.29 is 9.21 Å². The molecule has 0 bridgehead atoms. The molecule has 2 aromatic heterocycles. The summed E-state index contributed by atoms with van der Waals surface area (Å²) in [7, 11) is 0. The van der Waals surface area contributed by atoms with Gasteiger partial charge in [0.05, 0.1) is 6.54 Å². The minimum atomic E-state index is -0.192. The number of benzene rings is 1. The molecule has 0 spiro atoms. The predicted molar refractivity (Wildman–Crippen MR) is 82.5 cm³/mol. The molecule has 0 atom stereocenters. The summed E-state index contributed by atoms with van der Waals surface area (Å²) in [6.45, 7) is 1.10. The van der Waals surface area contributed by atoms with Crippen LogP contribution in [-0.2, 0) is 13.0 Å². The highest BCUT2D eigenvalue weighted by molar-refractivity contribution is 5.91. The molecule has 5 nitrogen and oxygen atoms in total. The van der Waals surface area contributed by atoms with E-state index in [9.17, 15) is 4.79 Å². The van der Waals surface area contributed by atoms with E-state index in [0.29, 0.717) is 24.6 Å². The molecule has 1 aromatic carbocycles. The molecule has 0 fully saturated rings. The van der Waals surface area contributed by atoms with E-state index in [1.54, 1.807) is 23.0 Å². The number of amides is 1. The molecule has 3 aromatic rings. The van der Waals surface area contributed by atoms with Gasteiger partial charge in [-0.3, -0.25) is 9.48 Å². The van der Waals surface area contributed by atoms with Crippen molar-refractivity contribution in [2.24, 2.45) is 0 Å². The van der Waals surface area contributed by atoms with E-state index in [2.05, 4.69) is 10.4 Å². The number of rotatable bonds is 6. The molecule has 0 aliphatic heterocycles. The van der Waals surface area contributed by atoms with Gasteiger partial charge in [0, 0.05) is 18.9 Å². The number of nitrogens with one attached hydrogen (secondary N) is 1. The summed E-state index contributed by atoms with van der Waals surface area (Å²) in [5, 5.41) is 6.97. The molecule has 0 radical (unpaired) electrons. The van der Waals surface area contributed by atoms with Crippen LogP contribution in [0.2, 0.25) is 0 Å². The first kappa shape index (κ1) is 14.1. The van der Waals surface area contributed by atoms with Gasteiger partial charge in [-0.15, -0.1) is 0 Å². The summed E-state index contributed by atoms with van der Waals surface area (Å²) in [5.41, 5.74) is 1.20. The second-order valence-electron chi connectivity index (χ2n) is 4.96. The minimum absolute atomic E-state index is 0.192. The molecule has 0 saturated carbocycles. The fourth-order valence-electron chi connectivity index (χ4n) is 2.19. The molecule has 3 rings (SSSR count). The summed E-state index contributed by atoms with van der Waals surface area (Å²) in [4.78, 5) is 12.0. The Morgan fingerprint density at radius 3 is 2.77 bits per heavy atom. The summed E-state index contributed by atoms with van der Waals surface area (Å²) in [6.07, 6.45) is 4.36. The lowest BCUT2D eigenvalue weighted by Crippen LogP contribution is -2.25. The molecule has 112 valence electrons. The average molecular weight is 295 g/mol. The fourth-order valence-corrected chi connectivity index (χ4v) is 2.19. The molecule has 1 amide bonds. The molecular weight excluding hydrogens is 278 g/mol. The third-order valence-corrected chi connectivity index (χ3v) is 3.30. The Labute approximate surface area is 128 Å². The highest BCUT2D eigenvalue weighted by Crippen LogP contribution is 2.09. The quantitative estimate of drug-likeness (QED) is 0.760. The van der Waals surface area contributed by atoms with Crippen molar-refractivity contribution in [1.29, 1.82) is 0 Å². The summed E-state index contributed by atoms with van der Waals surface area (Å²) in [6, 6.07) is 15.4. The summed E-state index contributed by atoms with van der Waals surface area (Å²) in [5.74, 6) is 0.842. The van der Waals surface area contributed by atoms with E-state index >= 15 is 0 Å². The van der Waals surface area contributed by atoms with Crippen molar-refractivity contribution in [2.75, 3.05) is 6.54 Å². The third kappa shape index (κ3) is 3.63. The van der Waals surface area contributed by atoms with Crippen LogP contribution >= 0.6 is 0 Å². The SMILES string of the molecule is O=C(NCCc1ccccc1)c1ccc(Cn2cccn2)o1. The van der Waals surface area contributed by atoms with Crippen LogP contribution in [0.5, 0.6) is 0 Å². The Hall–Kier alpha value is -2.82. The standard InChI is InChI=1S/C17H17N3O2/c21-17(18-11-9-14-5-2-1-3-6-14)16-8-7-15(22-16)13-20-12-4-10-19-20/h1-8,10,12H,9,11,13H2,(H,18,21). The molecule has 0 unspecified atom stereocenters. The number of hydrogen-bond donors (Lipinski definition) is 1. The first-order valence-electron chi connectivity index (χ1n) is 7.19. The van der Waals surface area contributed by atoms with Crippen LogP contribution < -0.4 is 5.32 Å². The van der Waals surface area contributed by atoms with Gasteiger partial charge in [-0.05, 0) is 30.2 Å². The Morgan fingerprint density at radius 1 is 1.14 bits per heavy atom. The number of nitrogens with zero attached hydrogens (tertiary/aromatic N) is 2. The molecule has 0 aliphatic rings. The fraction of sp³-hybridized carbons (Fsp3) is 0.176. The molecule has 22 heavy (non-hydrogen) atoms. The zero-order valence-electron chi connectivity index (χ0n) is 12.1. The lowest BCUT2D eigenvalue weighted by atomic mass is 10.1. The van der Waals surface area contributed by atoms with Crippen LogP contribution in [0.1, 0.15) is 21.9 Å². The zero-order valence-corrected chi connectivity index (χ0v) is 12.1. The van der Waals surface area contributed by atoms with Crippen LogP contribution in [0.3, 0.4) is 0 Å². The summed E-state index contributed by atoms with van der Waals surface area (Å²) < 4.78 is 7.29. The summed E-state index contributed by atoms with van der Waals surface area (Å²) >= 11 is 0. The third-order valence-electron chi connectivity index (χ3n) is 3.30. The number of furan rings is 1. The lowest BCUT2D eigenvalue weighted by molar-refractivity contribution is 0.0924. The van der Waals surface area contributed by atoms with E-state index < -0.39 is 0 Å². The maximum atomic E-state index is 12.0. The zero-order chi connectivity index (χ0) is 15.2. The predicted octanol–water partition coefficient (Wildman–Crippen LogP) is 2.50. The van der Waals surface area contributed by atoms with Crippen molar-refractivity contribution in [1.82, 2.24) is 15.1 Å². The van der Waals surface area contributed by atoms with Gasteiger partial charge in [0.1, 0.15) is 5.76 Å². The smallest absolute Gasteiger partial charge is 0.287 e. The second-order valence-corrected chi connectivity index (χ2v) is 4.96. The average Bonchev–Trinajstić information content (AvgIpc) is 3.21. The van der Waals surface area contributed by atoms with Crippen molar-refractivity contribution in [2.45, 2.75) is 13.0 Å². The van der Waals surface area contributed by atoms with Crippen molar-refractivity contribution >= 4 is 5.91 Å². The van der Waals surface area contributed by atoms with Gasteiger partial charge in [0.25, 0.3) is 5.91 Å². The Morgan fingerprint density at radius 2 is 2.00 bits per heavy atom. The normalized spacial score (nSPS) is 10.5. The topological polar surface area (TPSA) is 60.1 Å².